The van der Waals surface area contributed by atoms with Gasteiger partial charge < -0.3 is 14.2 Å². The number of benzene rings is 1. The van der Waals surface area contributed by atoms with Gasteiger partial charge >= 0.3 is 6.09 Å². The van der Waals surface area contributed by atoms with Crippen molar-refractivity contribution in [1.82, 2.24) is 15.0 Å². The van der Waals surface area contributed by atoms with Gasteiger partial charge in [0, 0.05) is 30.2 Å². The number of nitrogens with zero attached hydrogens (tertiary/aromatic N) is 4. The summed E-state index contributed by atoms with van der Waals surface area (Å²) in [6.45, 7) is 2.54. The molecule has 7 nitrogen and oxygen atoms in total. The van der Waals surface area contributed by atoms with Gasteiger partial charge in [-0.1, -0.05) is 28.9 Å². The average molecular weight is 439 g/mol. The number of ether oxygens (including phenoxy) is 1. The molecular weight excluding hydrogens is 416 g/mol. The van der Waals surface area contributed by atoms with E-state index in [1.54, 1.807) is 4.90 Å². The molecule has 0 radical (unpaired) electrons. The maximum absolute atomic E-state index is 12.3. The molecule has 0 spiro atoms. The molecule has 1 fully saturated rings. The molecule has 2 aliphatic rings. The summed E-state index contributed by atoms with van der Waals surface area (Å²) in [6.07, 6.45) is 3.34. The Morgan fingerprint density at radius 2 is 2.03 bits per heavy atom. The van der Waals surface area contributed by atoms with Crippen molar-refractivity contribution in [1.29, 1.82) is 0 Å². The highest BCUT2D eigenvalue weighted by Crippen LogP contribution is 2.42. The van der Waals surface area contributed by atoms with E-state index < -0.39 is 6.09 Å². The van der Waals surface area contributed by atoms with Crippen LogP contribution < -0.4 is 4.90 Å². The first-order chi connectivity index (χ1) is 15.1. The third-order valence-corrected chi connectivity index (χ3v) is 6.34. The van der Waals surface area contributed by atoms with Crippen LogP contribution in [0.3, 0.4) is 0 Å². The maximum atomic E-state index is 12.3. The van der Waals surface area contributed by atoms with Crippen LogP contribution >= 0.6 is 11.6 Å². The number of hydrogen-bond acceptors (Lipinski definition) is 6. The number of carbonyl (C=O) groups excluding carboxylic acids is 1. The lowest BCUT2D eigenvalue weighted by Gasteiger charge is -2.32. The van der Waals surface area contributed by atoms with Gasteiger partial charge in [0.25, 0.3) is 0 Å². The molecule has 2 aliphatic heterocycles. The summed E-state index contributed by atoms with van der Waals surface area (Å²) in [5.74, 6) is 1.97. The van der Waals surface area contributed by atoms with E-state index in [0.29, 0.717) is 23.9 Å². The lowest BCUT2D eigenvalue weighted by Crippen LogP contribution is -2.33. The van der Waals surface area contributed by atoms with E-state index in [0.717, 1.165) is 54.1 Å². The van der Waals surface area contributed by atoms with Gasteiger partial charge in [-0.25, -0.2) is 9.78 Å². The Hall–Kier alpha value is -3.06. The average Bonchev–Trinajstić information content (AvgIpc) is 3.15. The summed E-state index contributed by atoms with van der Waals surface area (Å²) in [5.41, 5.74) is 3.95. The van der Waals surface area contributed by atoms with E-state index in [-0.39, 0.29) is 5.92 Å². The molecule has 1 amide bonds. The zero-order chi connectivity index (χ0) is 21.4. The molecule has 0 bridgehead atoms. The van der Waals surface area contributed by atoms with Crippen molar-refractivity contribution in [3.63, 3.8) is 0 Å². The van der Waals surface area contributed by atoms with Crippen molar-refractivity contribution < 1.29 is 14.1 Å². The van der Waals surface area contributed by atoms with Crippen LogP contribution in [0.15, 0.2) is 47.1 Å². The highest BCUT2D eigenvalue weighted by molar-refractivity contribution is 6.30. The van der Waals surface area contributed by atoms with Crippen molar-refractivity contribution in [2.45, 2.75) is 31.8 Å². The zero-order valence-corrected chi connectivity index (χ0v) is 18.0. The predicted octanol–water partition coefficient (Wildman–Crippen LogP) is 4.86. The number of aromatic nitrogens is 2. The van der Waals surface area contributed by atoms with Gasteiger partial charge in [-0.15, -0.1) is 0 Å². The quantitative estimate of drug-likeness (QED) is 0.569. The molecular formula is C23H23ClN4O3. The number of amides is 1. The SMILES string of the molecule is COC(=O)N1Cc2cc(Cl)ccc2-c2c(C3CCN(c4ccccn4)CC3)noc2C1. The smallest absolute Gasteiger partial charge is 0.410 e. The Labute approximate surface area is 185 Å². The second kappa shape index (κ2) is 8.23. The molecule has 1 aromatic carbocycles. The molecule has 160 valence electrons. The fourth-order valence-corrected chi connectivity index (χ4v) is 4.76. The molecule has 1 saturated heterocycles. The molecule has 0 aliphatic carbocycles. The van der Waals surface area contributed by atoms with Gasteiger partial charge in [-0.05, 0) is 48.2 Å². The van der Waals surface area contributed by atoms with Crippen LogP contribution in [0.5, 0.6) is 0 Å². The third-order valence-electron chi connectivity index (χ3n) is 6.11. The molecule has 0 atom stereocenters. The van der Waals surface area contributed by atoms with E-state index in [4.69, 9.17) is 20.9 Å². The molecule has 0 unspecified atom stereocenters. The predicted molar refractivity (Wildman–Crippen MR) is 117 cm³/mol. The van der Waals surface area contributed by atoms with Crippen LogP contribution in [0.4, 0.5) is 10.6 Å². The molecule has 8 heteroatoms. The number of rotatable bonds is 2. The van der Waals surface area contributed by atoms with Crippen LogP contribution in [0.1, 0.15) is 35.8 Å². The van der Waals surface area contributed by atoms with Crippen molar-refractivity contribution in [3.05, 3.63) is 64.6 Å². The van der Waals surface area contributed by atoms with Crippen LogP contribution in [-0.2, 0) is 17.8 Å². The number of hydrogen-bond donors (Lipinski definition) is 0. The third kappa shape index (κ3) is 3.74. The van der Waals surface area contributed by atoms with Crippen molar-refractivity contribution in [2.75, 3.05) is 25.1 Å². The van der Waals surface area contributed by atoms with Crippen LogP contribution in [0.25, 0.3) is 11.1 Å². The lowest BCUT2D eigenvalue weighted by atomic mass is 9.87. The normalized spacial score (nSPS) is 16.5. The number of carbonyl (C=O) groups is 1. The van der Waals surface area contributed by atoms with E-state index in [1.165, 1.54) is 7.11 Å². The largest absolute Gasteiger partial charge is 0.453 e. The summed E-state index contributed by atoms with van der Waals surface area (Å²) >= 11 is 6.27. The van der Waals surface area contributed by atoms with E-state index in [2.05, 4.69) is 15.0 Å². The van der Waals surface area contributed by atoms with Crippen LogP contribution in [0, 0.1) is 0 Å². The topological polar surface area (TPSA) is 71.7 Å². The number of fused-ring (bicyclic) bond motifs is 3. The summed E-state index contributed by atoms with van der Waals surface area (Å²) in [5, 5.41) is 5.11. The zero-order valence-electron chi connectivity index (χ0n) is 17.3. The van der Waals surface area contributed by atoms with Gasteiger partial charge in [0.05, 0.1) is 31.5 Å². The Morgan fingerprint density at radius 3 is 2.77 bits per heavy atom. The fourth-order valence-electron chi connectivity index (χ4n) is 4.57. The lowest BCUT2D eigenvalue weighted by molar-refractivity contribution is 0.114. The van der Waals surface area contributed by atoms with Gasteiger partial charge in [-0.2, -0.15) is 0 Å². The minimum atomic E-state index is -0.402. The van der Waals surface area contributed by atoms with E-state index in [1.807, 2.05) is 42.6 Å². The number of anilines is 1. The van der Waals surface area contributed by atoms with Gasteiger partial charge in [0.15, 0.2) is 5.76 Å². The van der Waals surface area contributed by atoms with Gasteiger partial charge in [-0.3, -0.25) is 4.90 Å². The molecule has 0 N–H and O–H groups in total. The molecule has 4 heterocycles. The Kier molecular flexibility index (Phi) is 5.28. The number of halogens is 1. The Balaban J connectivity index is 1.47. The Bertz CT molecular complexity index is 1090. The number of pyridine rings is 1. The van der Waals surface area contributed by atoms with Gasteiger partial charge in [0.1, 0.15) is 5.82 Å². The monoisotopic (exact) mass is 438 g/mol. The highest BCUT2D eigenvalue weighted by atomic mass is 35.5. The molecule has 0 saturated carbocycles. The number of piperidine rings is 1. The second-order valence-corrected chi connectivity index (χ2v) is 8.38. The second-order valence-electron chi connectivity index (χ2n) is 7.94. The first-order valence-corrected chi connectivity index (χ1v) is 10.8. The van der Waals surface area contributed by atoms with Gasteiger partial charge in [0.2, 0.25) is 0 Å². The summed E-state index contributed by atoms with van der Waals surface area (Å²) < 4.78 is 10.7. The number of methoxy groups -OCH3 is 1. The summed E-state index contributed by atoms with van der Waals surface area (Å²) in [4.78, 5) is 20.7. The Morgan fingerprint density at radius 1 is 1.19 bits per heavy atom. The van der Waals surface area contributed by atoms with Crippen LogP contribution in [0.2, 0.25) is 5.02 Å². The minimum absolute atomic E-state index is 0.278. The summed E-state index contributed by atoms with van der Waals surface area (Å²) in [7, 11) is 1.38. The van der Waals surface area contributed by atoms with Crippen LogP contribution in [-0.4, -0.2) is 41.3 Å². The molecule has 3 aromatic rings. The first-order valence-electron chi connectivity index (χ1n) is 10.4. The van der Waals surface area contributed by atoms with Crippen molar-refractivity contribution in [3.8, 4) is 11.1 Å². The van der Waals surface area contributed by atoms with Crippen molar-refractivity contribution in [2.24, 2.45) is 0 Å². The minimum Gasteiger partial charge on any atom is -0.453 e. The maximum Gasteiger partial charge on any atom is 0.410 e. The first kappa shape index (κ1) is 19.9. The standard InChI is InChI=1S/C23H23ClN4O3/c1-30-23(29)28-13-16-12-17(24)5-6-18(16)21-19(14-28)31-26-22(21)15-7-10-27(11-8-15)20-4-2-3-9-25-20/h2-6,9,12,15H,7-8,10-11,13-14H2,1H3. The highest BCUT2D eigenvalue weighted by Gasteiger charge is 2.33. The van der Waals surface area contributed by atoms with E-state index >= 15 is 0 Å². The van der Waals surface area contributed by atoms with Crippen molar-refractivity contribution >= 4 is 23.5 Å². The summed E-state index contributed by atoms with van der Waals surface area (Å²) in [6, 6.07) is 11.8. The molecule has 5 rings (SSSR count). The molecule has 31 heavy (non-hydrogen) atoms. The van der Waals surface area contributed by atoms with E-state index in [9.17, 15) is 4.79 Å². The molecule has 2 aromatic heterocycles. The fraction of sp³-hybridized carbons (Fsp3) is 0.348.